The Morgan fingerprint density at radius 2 is 0.569 bits per heavy atom. The maximum absolute atomic E-state index is 12.7. The average molecular weight is 821 g/mol. The molecule has 0 aromatic carbocycles. The van der Waals surface area contributed by atoms with Crippen LogP contribution in [0.2, 0.25) is 0 Å². The molecule has 0 fully saturated rings. The summed E-state index contributed by atoms with van der Waals surface area (Å²) in [4.78, 5) is 37.9. The monoisotopic (exact) mass is 821 g/mol. The van der Waals surface area contributed by atoms with Gasteiger partial charge in [0, 0.05) is 19.3 Å². The molecule has 0 N–H and O–H groups in total. The second-order valence-corrected chi connectivity index (χ2v) is 18.8. The first kappa shape index (κ1) is 56.4. The predicted octanol–water partition coefficient (Wildman–Crippen LogP) is 16.5. The topological polar surface area (TPSA) is 78.9 Å². The number of carbonyl (C=O) groups excluding carboxylic acids is 3. The van der Waals surface area contributed by atoms with Crippen LogP contribution < -0.4 is 0 Å². The summed E-state index contributed by atoms with van der Waals surface area (Å²) in [7, 11) is 0. The minimum absolute atomic E-state index is 0.0637. The van der Waals surface area contributed by atoms with Gasteiger partial charge in [0.25, 0.3) is 0 Å². The third kappa shape index (κ3) is 45.5. The normalized spacial score (nSPS) is 12.1. The Bertz CT molecular complexity index is 885. The van der Waals surface area contributed by atoms with Crippen molar-refractivity contribution in [3.63, 3.8) is 0 Å². The lowest BCUT2D eigenvalue weighted by molar-refractivity contribution is -0.167. The first-order chi connectivity index (χ1) is 28.2. The fourth-order valence-electron chi connectivity index (χ4n) is 7.81. The molecular weight excluding hydrogens is 721 g/mol. The Morgan fingerprint density at radius 3 is 0.845 bits per heavy atom. The molecule has 0 saturated carbocycles. The van der Waals surface area contributed by atoms with E-state index in [2.05, 4.69) is 34.6 Å². The summed E-state index contributed by atoms with van der Waals surface area (Å²) >= 11 is 0. The van der Waals surface area contributed by atoms with E-state index in [1.54, 1.807) is 0 Å². The average Bonchev–Trinajstić information content (AvgIpc) is 3.19. The van der Waals surface area contributed by atoms with Crippen LogP contribution in [0.25, 0.3) is 0 Å². The zero-order valence-corrected chi connectivity index (χ0v) is 39.7. The van der Waals surface area contributed by atoms with Gasteiger partial charge in [-0.15, -0.1) is 0 Å². The molecule has 0 radical (unpaired) electrons. The molecule has 0 aromatic rings. The summed E-state index contributed by atoms with van der Waals surface area (Å²) in [5, 5.41) is 0. The molecular formula is C52H100O6. The minimum Gasteiger partial charge on any atom is -0.462 e. The Balaban J connectivity index is 4.30. The van der Waals surface area contributed by atoms with E-state index >= 15 is 0 Å². The Hall–Kier alpha value is -1.59. The van der Waals surface area contributed by atoms with Crippen LogP contribution in [0.15, 0.2) is 0 Å². The number of unbranched alkanes of at least 4 members (excludes halogenated alkanes) is 31. The van der Waals surface area contributed by atoms with E-state index in [0.29, 0.717) is 19.3 Å². The summed E-state index contributed by atoms with van der Waals surface area (Å²) in [5.41, 5.74) is 0. The first-order valence-electron chi connectivity index (χ1n) is 25.7. The number of hydrogen-bond acceptors (Lipinski definition) is 6. The third-order valence-corrected chi connectivity index (χ3v) is 11.7. The highest BCUT2D eigenvalue weighted by molar-refractivity contribution is 5.71. The van der Waals surface area contributed by atoms with Gasteiger partial charge in [0.1, 0.15) is 13.2 Å². The van der Waals surface area contributed by atoms with Gasteiger partial charge in [0.15, 0.2) is 6.10 Å². The Morgan fingerprint density at radius 1 is 0.328 bits per heavy atom. The second-order valence-electron chi connectivity index (χ2n) is 18.8. The van der Waals surface area contributed by atoms with E-state index in [0.717, 1.165) is 69.6 Å². The lowest BCUT2D eigenvalue weighted by atomic mass is 10.0. The van der Waals surface area contributed by atoms with Gasteiger partial charge in [-0.1, -0.05) is 247 Å². The van der Waals surface area contributed by atoms with Gasteiger partial charge in [-0.25, -0.2) is 0 Å². The van der Waals surface area contributed by atoms with Crippen LogP contribution in [0.3, 0.4) is 0 Å². The van der Waals surface area contributed by atoms with E-state index in [4.69, 9.17) is 14.2 Å². The summed E-state index contributed by atoms with van der Waals surface area (Å²) < 4.78 is 16.8. The highest BCUT2D eigenvalue weighted by Crippen LogP contribution is 2.17. The highest BCUT2D eigenvalue weighted by atomic mass is 16.6. The highest BCUT2D eigenvalue weighted by Gasteiger charge is 2.19. The zero-order valence-electron chi connectivity index (χ0n) is 39.7. The van der Waals surface area contributed by atoms with Crippen molar-refractivity contribution in [3.05, 3.63) is 0 Å². The van der Waals surface area contributed by atoms with Crippen molar-refractivity contribution in [2.45, 2.75) is 291 Å². The molecule has 0 unspecified atom stereocenters. The van der Waals surface area contributed by atoms with Crippen LogP contribution >= 0.6 is 0 Å². The maximum Gasteiger partial charge on any atom is 0.306 e. The molecule has 0 bridgehead atoms. The van der Waals surface area contributed by atoms with Gasteiger partial charge < -0.3 is 14.2 Å². The van der Waals surface area contributed by atoms with Crippen molar-refractivity contribution in [1.29, 1.82) is 0 Å². The van der Waals surface area contributed by atoms with Crippen LogP contribution in [0, 0.1) is 11.8 Å². The summed E-state index contributed by atoms with van der Waals surface area (Å²) in [5.74, 6) is 0.812. The van der Waals surface area contributed by atoms with E-state index in [1.165, 1.54) is 173 Å². The smallest absolute Gasteiger partial charge is 0.306 e. The van der Waals surface area contributed by atoms with Crippen LogP contribution in [-0.4, -0.2) is 37.2 Å². The number of carbonyl (C=O) groups is 3. The van der Waals surface area contributed by atoms with E-state index in [9.17, 15) is 14.4 Å². The van der Waals surface area contributed by atoms with Gasteiger partial charge in [-0.3, -0.25) is 14.4 Å². The lowest BCUT2D eigenvalue weighted by Crippen LogP contribution is -2.30. The van der Waals surface area contributed by atoms with Crippen molar-refractivity contribution in [2.24, 2.45) is 11.8 Å². The first-order valence-corrected chi connectivity index (χ1v) is 25.7. The molecule has 0 aromatic heterocycles. The number of ether oxygens (including phenoxy) is 3. The quantitative estimate of drug-likeness (QED) is 0.0346. The Labute approximate surface area is 361 Å². The fraction of sp³-hybridized carbons (Fsp3) is 0.942. The minimum atomic E-state index is -0.761. The second kappa shape index (κ2) is 44.9. The van der Waals surface area contributed by atoms with E-state index in [1.807, 2.05) is 0 Å². The lowest BCUT2D eigenvalue weighted by Gasteiger charge is -2.18. The molecule has 0 amide bonds. The molecule has 6 heteroatoms. The van der Waals surface area contributed by atoms with Crippen molar-refractivity contribution >= 4 is 17.9 Å². The van der Waals surface area contributed by atoms with Gasteiger partial charge in [-0.2, -0.15) is 0 Å². The van der Waals surface area contributed by atoms with Gasteiger partial charge >= 0.3 is 17.9 Å². The number of rotatable bonds is 46. The molecule has 1 atom stereocenters. The SMILES string of the molecule is CCCCCCCCCCCCCC(=O)O[C@@H](COC(=O)CCCCCCCCCCCCCCC(C)C)COC(=O)CCCCCCCCCCCCCC(C)C. The van der Waals surface area contributed by atoms with Crippen LogP contribution in [-0.2, 0) is 28.6 Å². The number of esters is 3. The largest absolute Gasteiger partial charge is 0.462 e. The van der Waals surface area contributed by atoms with Crippen molar-refractivity contribution < 1.29 is 28.6 Å². The zero-order chi connectivity index (χ0) is 42.6. The standard InChI is InChI=1S/C52H100O6/c1-6-7-8-9-10-11-15-24-29-34-39-44-52(55)58-49(46-57-51(54)43-38-33-28-23-19-14-17-21-26-31-36-41-48(4)5)45-56-50(53)42-37-32-27-22-18-13-12-16-20-25-30-35-40-47(2)3/h47-49H,6-46H2,1-5H3/t49-/m0/s1. The molecule has 0 aliphatic rings. The van der Waals surface area contributed by atoms with E-state index in [-0.39, 0.29) is 31.1 Å². The predicted molar refractivity (Wildman–Crippen MR) is 247 cm³/mol. The molecule has 0 saturated heterocycles. The van der Waals surface area contributed by atoms with E-state index < -0.39 is 6.10 Å². The van der Waals surface area contributed by atoms with Crippen molar-refractivity contribution in [1.82, 2.24) is 0 Å². The van der Waals surface area contributed by atoms with Crippen molar-refractivity contribution in [2.75, 3.05) is 13.2 Å². The molecule has 0 aliphatic carbocycles. The van der Waals surface area contributed by atoms with Gasteiger partial charge in [0.05, 0.1) is 0 Å². The molecule has 0 heterocycles. The van der Waals surface area contributed by atoms with Crippen LogP contribution in [0.4, 0.5) is 0 Å². The molecule has 6 nitrogen and oxygen atoms in total. The van der Waals surface area contributed by atoms with Crippen LogP contribution in [0.1, 0.15) is 285 Å². The summed E-state index contributed by atoms with van der Waals surface area (Å²) in [6.45, 7) is 11.4. The molecule has 344 valence electrons. The molecule has 0 aliphatic heterocycles. The molecule has 0 rings (SSSR count). The number of hydrogen-bond donors (Lipinski definition) is 0. The van der Waals surface area contributed by atoms with Crippen molar-refractivity contribution in [3.8, 4) is 0 Å². The summed E-state index contributed by atoms with van der Waals surface area (Å²) in [6, 6.07) is 0. The maximum atomic E-state index is 12.7. The van der Waals surface area contributed by atoms with Gasteiger partial charge in [-0.05, 0) is 31.1 Å². The van der Waals surface area contributed by atoms with Gasteiger partial charge in [0.2, 0.25) is 0 Å². The Kier molecular flexibility index (Phi) is 43.7. The fourth-order valence-corrected chi connectivity index (χ4v) is 7.81. The molecule has 58 heavy (non-hydrogen) atoms. The van der Waals surface area contributed by atoms with Crippen LogP contribution in [0.5, 0.6) is 0 Å². The summed E-state index contributed by atoms with van der Waals surface area (Å²) in [6.07, 6.45) is 45.1. The molecule has 0 spiro atoms. The third-order valence-electron chi connectivity index (χ3n) is 11.7.